The van der Waals surface area contributed by atoms with Crippen molar-refractivity contribution in [2.24, 2.45) is 5.92 Å². The monoisotopic (exact) mass is 400 g/mol. The minimum Gasteiger partial charge on any atom is -0.508 e. The fourth-order valence-electron chi connectivity index (χ4n) is 3.24. The lowest BCUT2D eigenvalue weighted by atomic mass is 9.86. The van der Waals surface area contributed by atoms with Crippen LogP contribution in [-0.2, 0) is 4.79 Å². The Labute approximate surface area is 168 Å². The summed E-state index contributed by atoms with van der Waals surface area (Å²) in [6, 6.07) is 5.09. The zero-order valence-electron chi connectivity index (χ0n) is 15.8. The van der Waals surface area contributed by atoms with Gasteiger partial charge in [0.25, 0.3) is 0 Å². The number of hydrogen-bond donors (Lipinski definition) is 1. The van der Waals surface area contributed by atoms with Gasteiger partial charge in [-0.2, -0.15) is 0 Å². The molecule has 1 aromatic carbocycles. The lowest BCUT2D eigenvalue weighted by Gasteiger charge is -2.36. The highest BCUT2D eigenvalue weighted by Crippen LogP contribution is 2.28. The van der Waals surface area contributed by atoms with Crippen molar-refractivity contribution >= 4 is 36.0 Å². The Morgan fingerprint density at radius 2 is 1.88 bits per heavy atom. The summed E-state index contributed by atoms with van der Waals surface area (Å²) in [5.41, 5.74) is 0.734. The van der Waals surface area contributed by atoms with Gasteiger partial charge in [-0.1, -0.05) is 18.5 Å². The van der Waals surface area contributed by atoms with Gasteiger partial charge in [0.15, 0.2) is 0 Å². The van der Waals surface area contributed by atoms with E-state index in [1.807, 2.05) is 19.0 Å². The second kappa shape index (κ2) is 10.8. The molecule has 4 nitrogen and oxygen atoms in total. The van der Waals surface area contributed by atoms with Gasteiger partial charge >= 0.3 is 0 Å². The van der Waals surface area contributed by atoms with E-state index < -0.39 is 0 Å². The lowest BCUT2D eigenvalue weighted by Crippen LogP contribution is -2.44. The van der Waals surface area contributed by atoms with E-state index >= 15 is 0 Å². The van der Waals surface area contributed by atoms with Crippen LogP contribution in [0.25, 0.3) is 6.08 Å². The Kier molecular flexibility index (Phi) is 9.48. The third-order valence-electron chi connectivity index (χ3n) is 4.89. The lowest BCUT2D eigenvalue weighted by molar-refractivity contribution is -0.129. The van der Waals surface area contributed by atoms with Crippen LogP contribution in [0.5, 0.6) is 5.75 Å². The molecule has 26 heavy (non-hydrogen) atoms. The number of benzene rings is 1. The number of carbonyl (C=O) groups excluding carboxylic acids is 1. The van der Waals surface area contributed by atoms with E-state index in [4.69, 9.17) is 11.6 Å². The molecule has 0 saturated heterocycles. The number of halogens is 2. The number of carbonyl (C=O) groups is 1. The minimum atomic E-state index is 0. The summed E-state index contributed by atoms with van der Waals surface area (Å²) in [6.07, 6.45) is 7.86. The topological polar surface area (TPSA) is 43.8 Å². The number of hydrogen-bond acceptors (Lipinski definition) is 3. The quantitative estimate of drug-likeness (QED) is 0.717. The highest BCUT2D eigenvalue weighted by molar-refractivity contribution is 6.32. The predicted octanol–water partition coefficient (Wildman–Crippen LogP) is 4.45. The fraction of sp³-hybridized carbons (Fsp3) is 0.550. The molecule has 0 spiro atoms. The van der Waals surface area contributed by atoms with Crippen LogP contribution in [0.15, 0.2) is 24.3 Å². The minimum absolute atomic E-state index is 0. The van der Waals surface area contributed by atoms with Gasteiger partial charge in [0, 0.05) is 25.2 Å². The van der Waals surface area contributed by atoms with Gasteiger partial charge in [-0.05, 0) is 75.5 Å². The van der Waals surface area contributed by atoms with Gasteiger partial charge in [-0.25, -0.2) is 0 Å². The second-order valence-electron chi connectivity index (χ2n) is 7.29. The highest BCUT2D eigenvalue weighted by Gasteiger charge is 2.26. The molecular formula is C20H30Cl2N2O2. The second-order valence-corrected chi connectivity index (χ2v) is 7.69. The molecule has 1 aliphatic rings. The van der Waals surface area contributed by atoms with E-state index in [1.54, 1.807) is 24.3 Å². The first-order chi connectivity index (χ1) is 11.9. The summed E-state index contributed by atoms with van der Waals surface area (Å²) in [7, 11) is 4.05. The van der Waals surface area contributed by atoms with Gasteiger partial charge in [0.2, 0.25) is 5.91 Å². The fourth-order valence-corrected chi connectivity index (χ4v) is 3.48. The summed E-state index contributed by atoms with van der Waals surface area (Å²) in [4.78, 5) is 16.9. The largest absolute Gasteiger partial charge is 0.508 e. The third-order valence-corrected chi connectivity index (χ3v) is 5.21. The first kappa shape index (κ1) is 22.8. The van der Waals surface area contributed by atoms with E-state index in [2.05, 4.69) is 11.8 Å². The van der Waals surface area contributed by atoms with Crippen LogP contribution >= 0.6 is 24.0 Å². The van der Waals surface area contributed by atoms with Crippen LogP contribution in [0.3, 0.4) is 0 Å². The van der Waals surface area contributed by atoms with Gasteiger partial charge in [0.05, 0.1) is 5.02 Å². The average molecular weight is 401 g/mol. The van der Waals surface area contributed by atoms with Crippen molar-refractivity contribution < 1.29 is 9.90 Å². The SMILES string of the molecule is CN(C)CCN(C(=O)/C=C/c1ccc(O)cc1Cl)[C@H]1CC[C@H](C)CC1.Cl. The molecule has 0 aliphatic heterocycles. The molecule has 2 rings (SSSR count). The van der Waals surface area contributed by atoms with Crippen LogP contribution in [-0.4, -0.2) is 54.0 Å². The highest BCUT2D eigenvalue weighted by atomic mass is 35.5. The zero-order chi connectivity index (χ0) is 18.4. The van der Waals surface area contributed by atoms with Crippen LogP contribution in [0.4, 0.5) is 0 Å². The average Bonchev–Trinajstić information content (AvgIpc) is 2.55. The van der Waals surface area contributed by atoms with E-state index in [0.29, 0.717) is 11.1 Å². The zero-order valence-corrected chi connectivity index (χ0v) is 17.4. The van der Waals surface area contributed by atoms with Crippen molar-refractivity contribution in [3.8, 4) is 5.75 Å². The van der Waals surface area contributed by atoms with Crippen molar-refractivity contribution in [2.75, 3.05) is 27.2 Å². The van der Waals surface area contributed by atoms with Crippen molar-refractivity contribution in [3.05, 3.63) is 34.9 Å². The molecule has 0 bridgehead atoms. The molecule has 0 heterocycles. The Morgan fingerprint density at radius 3 is 2.46 bits per heavy atom. The van der Waals surface area contributed by atoms with E-state index in [0.717, 1.165) is 37.4 Å². The van der Waals surface area contributed by atoms with Crippen LogP contribution in [0.1, 0.15) is 38.2 Å². The van der Waals surface area contributed by atoms with Gasteiger partial charge < -0.3 is 14.9 Å². The van der Waals surface area contributed by atoms with Gasteiger partial charge in [-0.15, -0.1) is 12.4 Å². The molecule has 0 unspecified atom stereocenters. The molecule has 0 aromatic heterocycles. The normalized spacial score (nSPS) is 20.2. The first-order valence-corrected chi connectivity index (χ1v) is 9.36. The van der Waals surface area contributed by atoms with E-state index in [1.165, 1.54) is 18.9 Å². The number of phenolic OH excluding ortho intramolecular Hbond substituents is 1. The van der Waals surface area contributed by atoms with Crippen LogP contribution in [0, 0.1) is 5.92 Å². The predicted molar refractivity (Wildman–Crippen MR) is 111 cm³/mol. The number of phenols is 1. The smallest absolute Gasteiger partial charge is 0.246 e. The number of nitrogens with zero attached hydrogens (tertiary/aromatic N) is 2. The van der Waals surface area contributed by atoms with Gasteiger partial charge in [-0.3, -0.25) is 4.79 Å². The summed E-state index contributed by atoms with van der Waals surface area (Å²) in [5, 5.41) is 9.87. The summed E-state index contributed by atoms with van der Waals surface area (Å²) in [6.45, 7) is 3.87. The van der Waals surface area contributed by atoms with Crippen molar-refractivity contribution in [2.45, 2.75) is 38.6 Å². The molecule has 1 aliphatic carbocycles. The van der Waals surface area contributed by atoms with Crippen LogP contribution < -0.4 is 0 Å². The summed E-state index contributed by atoms with van der Waals surface area (Å²) >= 11 is 6.12. The Hall–Kier alpha value is -1.23. The Bertz CT molecular complexity index is 612. The molecule has 1 amide bonds. The number of amides is 1. The van der Waals surface area contributed by atoms with E-state index in [9.17, 15) is 9.90 Å². The molecule has 1 N–H and O–H groups in total. The molecule has 1 saturated carbocycles. The van der Waals surface area contributed by atoms with Crippen molar-refractivity contribution in [3.63, 3.8) is 0 Å². The van der Waals surface area contributed by atoms with Crippen LogP contribution in [0.2, 0.25) is 5.02 Å². The molecule has 0 radical (unpaired) electrons. The Balaban J connectivity index is 0.00000338. The number of rotatable bonds is 6. The molecular weight excluding hydrogens is 371 g/mol. The third kappa shape index (κ3) is 6.82. The molecule has 146 valence electrons. The molecule has 6 heteroatoms. The molecule has 1 aromatic rings. The number of likely N-dealkylation sites (N-methyl/N-ethyl adjacent to an activating group) is 1. The van der Waals surface area contributed by atoms with Gasteiger partial charge in [0.1, 0.15) is 5.75 Å². The maximum absolute atomic E-state index is 12.8. The molecule has 0 atom stereocenters. The maximum Gasteiger partial charge on any atom is 0.246 e. The van der Waals surface area contributed by atoms with Crippen molar-refractivity contribution in [1.82, 2.24) is 9.80 Å². The number of aromatic hydroxyl groups is 1. The maximum atomic E-state index is 12.8. The van der Waals surface area contributed by atoms with E-state index in [-0.39, 0.29) is 24.1 Å². The summed E-state index contributed by atoms with van der Waals surface area (Å²) < 4.78 is 0. The standard InChI is InChI=1S/C20H29ClN2O2.ClH/c1-15-4-8-17(9-5-15)23(13-12-22(2)3)20(25)11-7-16-6-10-18(24)14-19(16)21;/h6-7,10-11,14-15,17,24H,4-5,8-9,12-13H2,1-3H3;1H/b11-7+;/t15-,17-;. The first-order valence-electron chi connectivity index (χ1n) is 8.98. The summed E-state index contributed by atoms with van der Waals surface area (Å²) in [5.74, 6) is 0.913. The van der Waals surface area contributed by atoms with Crippen molar-refractivity contribution in [1.29, 1.82) is 0 Å². The Morgan fingerprint density at radius 1 is 1.23 bits per heavy atom. The molecule has 1 fully saturated rings.